The Labute approximate surface area is 204 Å². The standard InChI is InChI=1S/C23H21ClN4O7/c1-12(29)32-17-18(33-13(2)30)23(9-8-15(23)34-22(31)14-6-4-3-5-7-14)35-21(17)28-11-27-16-19(24)25-10-26-20(16)28/h3-7,10-11,15,17-18,21H,8-9H2,1-2H3/t15-,17?,18-,21?,23+/m1/s1. The predicted octanol–water partition coefficient (Wildman–Crippen LogP) is 2.63. The van der Waals surface area contributed by atoms with Gasteiger partial charge in [-0.15, -0.1) is 0 Å². The largest absolute Gasteiger partial charge is 0.456 e. The molecule has 11 nitrogen and oxygen atoms in total. The lowest BCUT2D eigenvalue weighted by Crippen LogP contribution is -2.62. The Kier molecular flexibility index (Phi) is 5.89. The van der Waals surface area contributed by atoms with Crippen molar-refractivity contribution in [3.05, 3.63) is 53.7 Å². The molecule has 0 N–H and O–H groups in total. The molecule has 0 radical (unpaired) electrons. The number of benzene rings is 1. The van der Waals surface area contributed by atoms with E-state index in [4.69, 9.17) is 30.5 Å². The van der Waals surface area contributed by atoms with Gasteiger partial charge in [-0.25, -0.2) is 19.7 Å². The average molecular weight is 501 g/mol. The highest BCUT2D eigenvalue weighted by molar-refractivity contribution is 6.33. The zero-order valence-electron chi connectivity index (χ0n) is 18.8. The summed E-state index contributed by atoms with van der Waals surface area (Å²) in [6.45, 7) is 2.49. The van der Waals surface area contributed by atoms with E-state index in [0.717, 1.165) is 0 Å². The first-order valence-electron chi connectivity index (χ1n) is 10.9. The number of fused-ring (bicyclic) bond motifs is 1. The second-order valence-corrected chi connectivity index (χ2v) is 8.71. The molecule has 1 aromatic carbocycles. The van der Waals surface area contributed by atoms with Crippen LogP contribution in [-0.2, 0) is 28.5 Å². The van der Waals surface area contributed by atoms with Crippen molar-refractivity contribution in [1.82, 2.24) is 19.5 Å². The number of carbonyl (C=O) groups excluding carboxylic acids is 3. The van der Waals surface area contributed by atoms with Crippen LogP contribution >= 0.6 is 11.6 Å². The van der Waals surface area contributed by atoms with Gasteiger partial charge in [0.05, 0.1) is 11.9 Å². The van der Waals surface area contributed by atoms with E-state index in [0.29, 0.717) is 29.6 Å². The third kappa shape index (κ3) is 4.00. The molecule has 5 rings (SSSR count). The van der Waals surface area contributed by atoms with Gasteiger partial charge in [0.2, 0.25) is 0 Å². The Bertz CT molecular complexity index is 1300. The summed E-state index contributed by atoms with van der Waals surface area (Å²) in [4.78, 5) is 49.3. The van der Waals surface area contributed by atoms with Gasteiger partial charge in [0.1, 0.15) is 23.5 Å². The molecule has 2 aliphatic rings. The van der Waals surface area contributed by atoms with Crippen molar-refractivity contribution in [1.29, 1.82) is 0 Å². The number of hydrogen-bond acceptors (Lipinski definition) is 10. The van der Waals surface area contributed by atoms with Gasteiger partial charge in [-0.05, 0) is 25.0 Å². The van der Waals surface area contributed by atoms with Crippen molar-refractivity contribution >= 4 is 40.7 Å². The fourth-order valence-corrected chi connectivity index (χ4v) is 4.78. The summed E-state index contributed by atoms with van der Waals surface area (Å²) in [5, 5.41) is 0.139. The van der Waals surface area contributed by atoms with Crippen molar-refractivity contribution in [2.75, 3.05) is 0 Å². The van der Waals surface area contributed by atoms with Crippen LogP contribution < -0.4 is 0 Å². The Balaban J connectivity index is 1.54. The second kappa shape index (κ2) is 8.90. The summed E-state index contributed by atoms with van der Waals surface area (Å²) >= 11 is 6.15. The lowest BCUT2D eigenvalue weighted by Gasteiger charge is -2.47. The van der Waals surface area contributed by atoms with Gasteiger partial charge >= 0.3 is 17.9 Å². The number of esters is 3. The van der Waals surface area contributed by atoms with E-state index in [-0.39, 0.29) is 5.15 Å². The molecule has 12 heteroatoms. The molecule has 2 unspecified atom stereocenters. The maximum Gasteiger partial charge on any atom is 0.338 e. The van der Waals surface area contributed by atoms with E-state index in [9.17, 15) is 14.4 Å². The molecule has 1 saturated heterocycles. The number of halogens is 1. The summed E-state index contributed by atoms with van der Waals surface area (Å²) in [6.07, 6.45) is -0.297. The van der Waals surface area contributed by atoms with Crippen LogP contribution in [-0.4, -0.2) is 61.3 Å². The number of imidazole rings is 1. The summed E-state index contributed by atoms with van der Waals surface area (Å²) < 4.78 is 25.0. The summed E-state index contributed by atoms with van der Waals surface area (Å²) in [7, 11) is 0. The van der Waals surface area contributed by atoms with Gasteiger partial charge in [-0.1, -0.05) is 29.8 Å². The lowest BCUT2D eigenvalue weighted by molar-refractivity contribution is -0.221. The summed E-state index contributed by atoms with van der Waals surface area (Å²) in [5.41, 5.74) is -0.210. The van der Waals surface area contributed by atoms with Gasteiger partial charge < -0.3 is 18.9 Å². The molecular weight excluding hydrogens is 480 g/mol. The highest BCUT2D eigenvalue weighted by Gasteiger charge is 2.68. The molecule has 2 fully saturated rings. The Hall–Kier alpha value is -3.57. The molecule has 1 spiro atoms. The van der Waals surface area contributed by atoms with Crippen LogP contribution in [0.2, 0.25) is 5.15 Å². The molecule has 1 aliphatic heterocycles. The number of ether oxygens (including phenoxy) is 4. The molecule has 3 heterocycles. The average Bonchev–Trinajstić information content (AvgIpc) is 3.38. The van der Waals surface area contributed by atoms with Gasteiger partial charge in [-0.3, -0.25) is 14.2 Å². The molecule has 1 saturated carbocycles. The van der Waals surface area contributed by atoms with Gasteiger partial charge in [0.15, 0.2) is 29.2 Å². The number of nitrogens with zero attached hydrogens (tertiary/aromatic N) is 4. The normalized spacial score (nSPS) is 27.4. The smallest absolute Gasteiger partial charge is 0.338 e. The number of carbonyl (C=O) groups is 3. The van der Waals surface area contributed by atoms with Crippen LogP contribution in [0.1, 0.15) is 43.3 Å². The fourth-order valence-electron chi connectivity index (χ4n) is 4.61. The highest BCUT2D eigenvalue weighted by Crippen LogP contribution is 2.53. The number of aromatic nitrogens is 4. The topological polar surface area (TPSA) is 132 Å². The molecule has 35 heavy (non-hydrogen) atoms. The second-order valence-electron chi connectivity index (χ2n) is 8.35. The minimum Gasteiger partial charge on any atom is -0.456 e. The van der Waals surface area contributed by atoms with Crippen LogP contribution in [0.4, 0.5) is 0 Å². The predicted molar refractivity (Wildman–Crippen MR) is 119 cm³/mol. The Morgan fingerprint density at radius 3 is 2.46 bits per heavy atom. The van der Waals surface area contributed by atoms with Crippen molar-refractivity contribution < 1.29 is 33.3 Å². The van der Waals surface area contributed by atoms with Crippen LogP contribution in [0.15, 0.2) is 43.0 Å². The van der Waals surface area contributed by atoms with Gasteiger partial charge in [0, 0.05) is 13.8 Å². The van der Waals surface area contributed by atoms with E-state index in [2.05, 4.69) is 15.0 Å². The monoisotopic (exact) mass is 500 g/mol. The molecule has 3 aromatic rings. The zero-order valence-corrected chi connectivity index (χ0v) is 19.5. The van der Waals surface area contributed by atoms with Crippen LogP contribution in [0.25, 0.3) is 11.2 Å². The lowest BCUT2D eigenvalue weighted by atomic mass is 9.72. The first kappa shape index (κ1) is 23.2. The minimum absolute atomic E-state index is 0.139. The first-order chi connectivity index (χ1) is 16.8. The van der Waals surface area contributed by atoms with E-state index < -0.39 is 48.0 Å². The quantitative estimate of drug-likeness (QED) is 0.292. The van der Waals surface area contributed by atoms with Crippen molar-refractivity contribution in [3.63, 3.8) is 0 Å². The maximum atomic E-state index is 12.8. The fraction of sp³-hybridized carbons (Fsp3) is 0.391. The molecule has 0 amide bonds. The van der Waals surface area contributed by atoms with Crippen LogP contribution in [0.5, 0.6) is 0 Å². The molecule has 2 aromatic heterocycles. The zero-order chi connectivity index (χ0) is 24.7. The Morgan fingerprint density at radius 1 is 1.06 bits per heavy atom. The minimum atomic E-state index is -1.24. The summed E-state index contributed by atoms with van der Waals surface area (Å²) in [6, 6.07) is 8.52. The van der Waals surface area contributed by atoms with Gasteiger partial charge in [0.25, 0.3) is 0 Å². The van der Waals surface area contributed by atoms with E-state index in [1.807, 2.05) is 0 Å². The highest BCUT2D eigenvalue weighted by atomic mass is 35.5. The number of rotatable bonds is 5. The SMILES string of the molecule is CC(=O)OC1C(n2cnc3c(Cl)ncnc32)O[C@]2(CC[C@H]2OC(=O)c2ccccc2)[C@@H]1OC(C)=O. The molecule has 1 aliphatic carbocycles. The molecular formula is C23H21ClN4O7. The van der Waals surface area contributed by atoms with Crippen molar-refractivity contribution in [2.45, 2.75) is 56.8 Å². The number of hydrogen-bond donors (Lipinski definition) is 0. The third-order valence-electron chi connectivity index (χ3n) is 6.19. The maximum absolute atomic E-state index is 12.8. The van der Waals surface area contributed by atoms with Crippen LogP contribution in [0, 0.1) is 0 Å². The van der Waals surface area contributed by atoms with Crippen LogP contribution in [0.3, 0.4) is 0 Å². The third-order valence-corrected chi connectivity index (χ3v) is 6.46. The Morgan fingerprint density at radius 2 is 1.80 bits per heavy atom. The molecule has 182 valence electrons. The molecule has 0 bridgehead atoms. The van der Waals surface area contributed by atoms with E-state index >= 15 is 0 Å². The van der Waals surface area contributed by atoms with Crippen molar-refractivity contribution in [2.24, 2.45) is 0 Å². The first-order valence-corrected chi connectivity index (χ1v) is 11.3. The van der Waals surface area contributed by atoms with Gasteiger partial charge in [-0.2, -0.15) is 0 Å². The molecule has 5 atom stereocenters. The van der Waals surface area contributed by atoms with E-state index in [1.54, 1.807) is 30.3 Å². The summed E-state index contributed by atoms with van der Waals surface area (Å²) in [5.74, 6) is -1.75. The van der Waals surface area contributed by atoms with E-state index in [1.165, 1.54) is 31.1 Å². The van der Waals surface area contributed by atoms with Crippen molar-refractivity contribution in [3.8, 4) is 0 Å².